The second kappa shape index (κ2) is 8.60. The molecular weight excluding hydrogens is 364 g/mol. The summed E-state index contributed by atoms with van der Waals surface area (Å²) in [5.74, 6) is 1.66. The number of aromatic amines is 1. The first-order valence-corrected chi connectivity index (χ1v) is 10.3. The molecule has 1 amide bonds. The van der Waals surface area contributed by atoms with E-state index in [0.29, 0.717) is 6.61 Å². The van der Waals surface area contributed by atoms with Gasteiger partial charge in [-0.1, -0.05) is 24.3 Å². The molecule has 0 saturated heterocycles. The van der Waals surface area contributed by atoms with Crippen molar-refractivity contribution in [1.29, 1.82) is 0 Å². The average Bonchev–Trinajstić information content (AvgIpc) is 3.06. The Labute approximate surface area is 171 Å². The van der Waals surface area contributed by atoms with Crippen LogP contribution in [0.1, 0.15) is 36.6 Å². The van der Waals surface area contributed by atoms with E-state index in [1.165, 1.54) is 22.2 Å². The van der Waals surface area contributed by atoms with Crippen molar-refractivity contribution < 1.29 is 14.3 Å². The summed E-state index contributed by atoms with van der Waals surface area (Å²) >= 11 is 0. The maximum Gasteiger partial charge on any atom is 0.219 e. The molecular formula is C24H28N2O3. The molecule has 0 atom stereocenters. The summed E-state index contributed by atoms with van der Waals surface area (Å²) in [5.41, 5.74) is 4.81. The Bertz CT molecular complexity index is 1010. The first-order valence-electron chi connectivity index (χ1n) is 10.3. The molecule has 0 saturated carbocycles. The lowest BCUT2D eigenvalue weighted by Crippen LogP contribution is -2.32. The van der Waals surface area contributed by atoms with Crippen molar-refractivity contribution >= 4 is 16.8 Å². The Kier molecular flexibility index (Phi) is 5.74. The van der Waals surface area contributed by atoms with E-state index in [0.717, 1.165) is 55.8 Å². The van der Waals surface area contributed by atoms with E-state index >= 15 is 0 Å². The monoisotopic (exact) mass is 392 g/mol. The fourth-order valence-corrected chi connectivity index (χ4v) is 4.10. The van der Waals surface area contributed by atoms with Crippen LogP contribution < -0.4 is 9.47 Å². The third-order valence-corrected chi connectivity index (χ3v) is 5.67. The van der Waals surface area contributed by atoms with Gasteiger partial charge < -0.3 is 19.4 Å². The van der Waals surface area contributed by atoms with Gasteiger partial charge in [0.2, 0.25) is 5.91 Å². The van der Waals surface area contributed by atoms with Crippen LogP contribution in [0.25, 0.3) is 10.9 Å². The fraction of sp³-hybridized carbons (Fsp3) is 0.375. The molecule has 0 aliphatic carbocycles. The predicted octanol–water partition coefficient (Wildman–Crippen LogP) is 4.33. The normalized spacial score (nSPS) is 15.3. The van der Waals surface area contributed by atoms with Gasteiger partial charge in [-0.3, -0.25) is 4.79 Å². The van der Waals surface area contributed by atoms with Crippen molar-refractivity contribution in [2.24, 2.45) is 0 Å². The molecule has 2 aromatic carbocycles. The topological polar surface area (TPSA) is 54.6 Å². The number of nitrogens with one attached hydrogen (secondary N) is 1. The number of rotatable bonds is 1. The summed E-state index contributed by atoms with van der Waals surface area (Å²) < 4.78 is 11.5. The first-order chi connectivity index (χ1) is 14.2. The van der Waals surface area contributed by atoms with Gasteiger partial charge in [0.05, 0.1) is 13.7 Å². The van der Waals surface area contributed by atoms with Crippen LogP contribution in [0, 0.1) is 0 Å². The number of amides is 1. The molecule has 1 aromatic heterocycles. The molecule has 3 aromatic rings. The van der Waals surface area contributed by atoms with Gasteiger partial charge in [0.1, 0.15) is 0 Å². The number of hydrogen-bond donors (Lipinski definition) is 1. The van der Waals surface area contributed by atoms with Crippen LogP contribution in [-0.4, -0.2) is 42.6 Å². The smallest absolute Gasteiger partial charge is 0.219 e. The largest absolute Gasteiger partial charge is 0.493 e. The van der Waals surface area contributed by atoms with Gasteiger partial charge in [-0.2, -0.15) is 0 Å². The molecule has 2 heterocycles. The van der Waals surface area contributed by atoms with Gasteiger partial charge in [0.15, 0.2) is 11.5 Å². The maximum absolute atomic E-state index is 12.1. The second-order valence-electron chi connectivity index (χ2n) is 7.60. The number of aromatic nitrogens is 1. The van der Waals surface area contributed by atoms with E-state index in [2.05, 4.69) is 41.4 Å². The number of nitrogens with zero attached hydrogens (tertiary/aromatic N) is 1. The van der Waals surface area contributed by atoms with E-state index in [1.54, 1.807) is 14.0 Å². The lowest BCUT2D eigenvalue weighted by molar-refractivity contribution is -0.128. The highest BCUT2D eigenvalue weighted by Crippen LogP contribution is 2.31. The highest BCUT2D eigenvalue weighted by molar-refractivity contribution is 5.85. The summed E-state index contributed by atoms with van der Waals surface area (Å²) in [5, 5.41) is 1.24. The Balaban J connectivity index is 1.75. The molecule has 5 nitrogen and oxygen atoms in total. The standard InChI is InChI=1S/C24H28N2O3/c1-17(27)26-12-5-6-14-29-24-16-18(9-10-23(24)28-2)15-22-20(11-13-26)19-7-3-4-8-21(19)25-22/h3-4,7-10,16,25H,5-6,11-15H2,1-2H3. The number of fused-ring (bicyclic) bond motifs is 5. The molecule has 152 valence electrons. The van der Waals surface area contributed by atoms with E-state index in [-0.39, 0.29) is 5.91 Å². The van der Waals surface area contributed by atoms with Gasteiger partial charge in [-0.05, 0) is 48.6 Å². The number of carbonyl (C=O) groups excluding carboxylic acids is 1. The number of para-hydroxylation sites is 1. The number of ether oxygens (including phenoxy) is 2. The van der Waals surface area contributed by atoms with Crippen molar-refractivity contribution in [3.8, 4) is 11.5 Å². The van der Waals surface area contributed by atoms with Crippen LogP contribution in [0.3, 0.4) is 0 Å². The van der Waals surface area contributed by atoms with Gasteiger partial charge in [-0.25, -0.2) is 0 Å². The molecule has 1 N–H and O–H groups in total. The first kappa shape index (κ1) is 19.4. The molecule has 29 heavy (non-hydrogen) atoms. The van der Waals surface area contributed by atoms with Crippen molar-refractivity contribution in [2.75, 3.05) is 26.8 Å². The van der Waals surface area contributed by atoms with Gasteiger partial charge in [0, 0.05) is 43.0 Å². The van der Waals surface area contributed by atoms with E-state index in [9.17, 15) is 4.79 Å². The molecule has 0 spiro atoms. The summed E-state index contributed by atoms with van der Waals surface area (Å²) in [7, 11) is 1.67. The number of carbonyl (C=O) groups is 1. The zero-order valence-electron chi connectivity index (χ0n) is 17.2. The minimum Gasteiger partial charge on any atom is -0.493 e. The third-order valence-electron chi connectivity index (χ3n) is 5.67. The Morgan fingerprint density at radius 3 is 2.83 bits per heavy atom. The van der Waals surface area contributed by atoms with Gasteiger partial charge in [-0.15, -0.1) is 0 Å². The van der Waals surface area contributed by atoms with Crippen molar-refractivity contribution in [3.63, 3.8) is 0 Å². The zero-order valence-corrected chi connectivity index (χ0v) is 17.2. The van der Waals surface area contributed by atoms with Crippen LogP contribution in [-0.2, 0) is 17.6 Å². The number of benzene rings is 2. The minimum absolute atomic E-state index is 0.131. The summed E-state index contributed by atoms with van der Waals surface area (Å²) in [6.07, 6.45) is 3.45. The molecule has 5 heteroatoms. The van der Waals surface area contributed by atoms with Crippen LogP contribution in [0.15, 0.2) is 42.5 Å². The number of H-pyrrole nitrogens is 1. The summed E-state index contributed by atoms with van der Waals surface area (Å²) in [6.45, 7) is 3.76. The van der Waals surface area contributed by atoms with Gasteiger partial charge in [0.25, 0.3) is 0 Å². The Hall–Kier alpha value is -2.95. The lowest BCUT2D eigenvalue weighted by atomic mass is 10.0. The lowest BCUT2D eigenvalue weighted by Gasteiger charge is -2.22. The summed E-state index contributed by atoms with van der Waals surface area (Å²) in [6, 6.07) is 14.6. The highest BCUT2D eigenvalue weighted by atomic mass is 16.5. The second-order valence-corrected chi connectivity index (χ2v) is 7.60. The van der Waals surface area contributed by atoms with Gasteiger partial charge >= 0.3 is 0 Å². The fourth-order valence-electron chi connectivity index (χ4n) is 4.10. The summed E-state index contributed by atoms with van der Waals surface area (Å²) in [4.78, 5) is 17.7. The van der Waals surface area contributed by atoms with E-state index < -0.39 is 0 Å². The van der Waals surface area contributed by atoms with Crippen LogP contribution in [0.4, 0.5) is 0 Å². The molecule has 0 radical (unpaired) electrons. The molecule has 1 aliphatic rings. The van der Waals surface area contributed by atoms with Crippen LogP contribution in [0.5, 0.6) is 11.5 Å². The maximum atomic E-state index is 12.1. The van der Waals surface area contributed by atoms with E-state index in [1.807, 2.05) is 11.0 Å². The molecule has 0 unspecified atom stereocenters. The molecule has 4 rings (SSSR count). The molecule has 2 bridgehead atoms. The molecule has 0 fully saturated rings. The number of hydrogen-bond acceptors (Lipinski definition) is 3. The van der Waals surface area contributed by atoms with Crippen molar-refractivity contribution in [3.05, 3.63) is 59.3 Å². The number of methoxy groups -OCH3 is 1. The minimum atomic E-state index is 0.131. The Morgan fingerprint density at radius 2 is 2.00 bits per heavy atom. The quantitative estimate of drug-likeness (QED) is 0.671. The zero-order chi connectivity index (χ0) is 20.2. The van der Waals surface area contributed by atoms with Crippen molar-refractivity contribution in [1.82, 2.24) is 9.88 Å². The van der Waals surface area contributed by atoms with Crippen molar-refractivity contribution in [2.45, 2.75) is 32.6 Å². The van der Waals surface area contributed by atoms with Crippen LogP contribution >= 0.6 is 0 Å². The third kappa shape index (κ3) is 4.24. The van der Waals surface area contributed by atoms with Crippen LogP contribution in [0.2, 0.25) is 0 Å². The average molecular weight is 392 g/mol. The SMILES string of the molecule is COc1ccc2cc1OCCCCN(C(C)=O)CCc1c([nH]c3ccccc13)C2. The Morgan fingerprint density at radius 1 is 1.14 bits per heavy atom. The highest BCUT2D eigenvalue weighted by Gasteiger charge is 2.16. The molecule has 1 aliphatic heterocycles. The van der Waals surface area contributed by atoms with E-state index in [4.69, 9.17) is 9.47 Å². The predicted molar refractivity (Wildman–Crippen MR) is 115 cm³/mol.